The fourth-order valence-electron chi connectivity index (χ4n) is 6.51. The van der Waals surface area contributed by atoms with Crippen LogP contribution in [-0.2, 0) is 4.79 Å². The summed E-state index contributed by atoms with van der Waals surface area (Å²) in [5.41, 5.74) is 1.93. The third-order valence-electron chi connectivity index (χ3n) is 8.66. The van der Waals surface area contributed by atoms with E-state index in [1.165, 1.54) is 32.1 Å². The number of carbonyl (C=O) groups excluding carboxylic acids is 1. The summed E-state index contributed by atoms with van der Waals surface area (Å²) in [4.78, 5) is 42.7. The third-order valence-corrected chi connectivity index (χ3v) is 8.66. The zero-order valence-electron chi connectivity index (χ0n) is 24.9. The van der Waals surface area contributed by atoms with Crippen LogP contribution in [0.1, 0.15) is 80.7 Å². The second-order valence-electron chi connectivity index (χ2n) is 11.7. The van der Waals surface area contributed by atoms with Crippen LogP contribution in [-0.4, -0.2) is 81.7 Å². The zero-order chi connectivity index (χ0) is 29.5. The predicted molar refractivity (Wildman–Crippen MR) is 164 cm³/mol. The second-order valence-corrected chi connectivity index (χ2v) is 11.7. The van der Waals surface area contributed by atoms with Gasteiger partial charge in [-0.15, -0.1) is 0 Å². The topological polar surface area (TPSA) is 129 Å². The lowest BCUT2D eigenvalue weighted by Crippen LogP contribution is -2.49. The summed E-state index contributed by atoms with van der Waals surface area (Å²) in [6.45, 7) is 3.10. The van der Waals surface area contributed by atoms with Crippen LogP contribution in [0.4, 0.5) is 17.5 Å². The Labute approximate surface area is 247 Å². The number of hydrogen-bond donors (Lipinski definition) is 3. The summed E-state index contributed by atoms with van der Waals surface area (Å²) in [6, 6.07) is 5.74. The van der Waals surface area contributed by atoms with Gasteiger partial charge < -0.3 is 30.1 Å². The van der Waals surface area contributed by atoms with Gasteiger partial charge in [0.25, 0.3) is 0 Å². The predicted octanol–water partition coefficient (Wildman–Crippen LogP) is 4.84. The lowest BCUT2D eigenvalue weighted by molar-refractivity contribution is -0.132. The highest BCUT2D eigenvalue weighted by Crippen LogP contribution is 2.34. The summed E-state index contributed by atoms with van der Waals surface area (Å²) in [5.74, 6) is 0.954. The molecule has 0 radical (unpaired) electrons. The maximum absolute atomic E-state index is 12.8. The molecular formula is C31H44N8O3. The van der Waals surface area contributed by atoms with E-state index in [-0.39, 0.29) is 11.7 Å². The molecule has 0 spiro atoms. The van der Waals surface area contributed by atoms with E-state index in [0.717, 1.165) is 62.9 Å². The van der Waals surface area contributed by atoms with Gasteiger partial charge in [0.05, 0.1) is 11.9 Å². The Kier molecular flexibility index (Phi) is 9.89. The number of anilines is 3. The van der Waals surface area contributed by atoms with Crippen LogP contribution < -0.4 is 15.5 Å². The first-order valence-corrected chi connectivity index (χ1v) is 15.4. The molecule has 2 aliphatic carbocycles. The number of aromatic nitrogens is 4. The Bertz CT molecular complexity index is 1340. The standard InChI is InChI=1S/C29H37N7O3.C2H7N/c37-26(16-20-6-2-1-3-7-20)35-14-12-34(13-15-35)23-10-11-25(30-19-23)32-29-31-18-21-17-24(28(38)39)36(27(21)33-29)22-8-4-5-9-22;1-3-2/h10-11,17-20,22H,1-9,12-16H2,(H,38,39)(H,30,31,32,33);3H,1-2H3. The van der Waals surface area contributed by atoms with Crippen LogP contribution in [0, 0.1) is 5.92 Å². The average Bonchev–Trinajstić information content (AvgIpc) is 3.67. The smallest absolute Gasteiger partial charge is 0.352 e. The van der Waals surface area contributed by atoms with Crippen molar-refractivity contribution in [3.63, 3.8) is 0 Å². The van der Waals surface area contributed by atoms with E-state index >= 15 is 0 Å². The number of carboxylic acids is 1. The molecule has 1 amide bonds. The molecule has 0 unspecified atom stereocenters. The molecule has 2 saturated carbocycles. The summed E-state index contributed by atoms with van der Waals surface area (Å²) >= 11 is 0. The molecule has 42 heavy (non-hydrogen) atoms. The first-order valence-electron chi connectivity index (χ1n) is 15.4. The first kappa shape index (κ1) is 29.8. The molecule has 3 aliphatic rings. The van der Waals surface area contributed by atoms with Crippen LogP contribution in [0.3, 0.4) is 0 Å². The number of carbonyl (C=O) groups is 2. The summed E-state index contributed by atoms with van der Waals surface area (Å²) < 4.78 is 1.87. The van der Waals surface area contributed by atoms with E-state index in [9.17, 15) is 14.7 Å². The van der Waals surface area contributed by atoms with Gasteiger partial charge in [0.1, 0.15) is 17.2 Å². The molecule has 3 aromatic heterocycles. The van der Waals surface area contributed by atoms with Gasteiger partial charge in [0.2, 0.25) is 11.9 Å². The summed E-state index contributed by atoms with van der Waals surface area (Å²) in [7, 11) is 3.75. The molecule has 226 valence electrons. The molecule has 1 aliphatic heterocycles. The number of amides is 1. The van der Waals surface area contributed by atoms with E-state index in [4.69, 9.17) is 0 Å². The zero-order valence-corrected chi connectivity index (χ0v) is 24.9. The molecule has 3 fully saturated rings. The Hall–Kier alpha value is -3.73. The maximum atomic E-state index is 12.8. The van der Waals surface area contributed by atoms with Crippen molar-refractivity contribution in [1.82, 2.24) is 29.7 Å². The quantitative estimate of drug-likeness (QED) is 0.362. The number of nitrogens with one attached hydrogen (secondary N) is 2. The van der Waals surface area contributed by atoms with Crippen molar-refractivity contribution in [3.05, 3.63) is 36.3 Å². The number of fused-ring (bicyclic) bond motifs is 1. The molecule has 4 heterocycles. The Morgan fingerprint density at radius 3 is 2.26 bits per heavy atom. The Morgan fingerprint density at radius 2 is 1.62 bits per heavy atom. The van der Waals surface area contributed by atoms with Crippen molar-refractivity contribution >= 4 is 40.4 Å². The van der Waals surface area contributed by atoms with Crippen molar-refractivity contribution < 1.29 is 14.7 Å². The number of pyridine rings is 1. The molecule has 1 saturated heterocycles. The fourth-order valence-corrected chi connectivity index (χ4v) is 6.51. The van der Waals surface area contributed by atoms with Gasteiger partial charge in [-0.3, -0.25) is 4.79 Å². The largest absolute Gasteiger partial charge is 0.477 e. The summed E-state index contributed by atoms with van der Waals surface area (Å²) in [6.07, 6.45) is 14.6. The minimum Gasteiger partial charge on any atom is -0.477 e. The van der Waals surface area contributed by atoms with E-state index in [0.29, 0.717) is 35.7 Å². The highest BCUT2D eigenvalue weighted by atomic mass is 16.4. The number of hydrogen-bond acceptors (Lipinski definition) is 8. The molecular weight excluding hydrogens is 532 g/mol. The molecule has 11 heteroatoms. The first-order chi connectivity index (χ1) is 20.5. The number of piperazine rings is 1. The van der Waals surface area contributed by atoms with Crippen molar-refractivity contribution in [2.24, 2.45) is 5.92 Å². The molecule has 0 bridgehead atoms. The van der Waals surface area contributed by atoms with E-state index < -0.39 is 5.97 Å². The van der Waals surface area contributed by atoms with Crippen molar-refractivity contribution in [2.75, 3.05) is 50.5 Å². The van der Waals surface area contributed by atoms with Gasteiger partial charge >= 0.3 is 5.97 Å². The molecule has 11 nitrogen and oxygen atoms in total. The van der Waals surface area contributed by atoms with Gasteiger partial charge in [-0.05, 0) is 63.9 Å². The number of rotatable bonds is 7. The summed E-state index contributed by atoms with van der Waals surface area (Å²) in [5, 5.41) is 16.4. The molecule has 6 rings (SSSR count). The molecule has 0 atom stereocenters. The van der Waals surface area contributed by atoms with Gasteiger partial charge in [0.15, 0.2) is 0 Å². The monoisotopic (exact) mass is 576 g/mol. The highest BCUT2D eigenvalue weighted by Gasteiger charge is 2.26. The van der Waals surface area contributed by atoms with Gasteiger partial charge in [-0.2, -0.15) is 4.98 Å². The molecule has 3 N–H and O–H groups in total. The Balaban J connectivity index is 0.00000113. The van der Waals surface area contributed by atoms with Crippen molar-refractivity contribution in [2.45, 2.75) is 70.3 Å². The second kappa shape index (κ2) is 14.0. The lowest BCUT2D eigenvalue weighted by atomic mass is 9.86. The minimum absolute atomic E-state index is 0.150. The normalized spacial score (nSPS) is 18.1. The highest BCUT2D eigenvalue weighted by molar-refractivity contribution is 5.93. The SMILES string of the molecule is CNC.O=C(O)c1cc2cnc(Nc3ccc(N4CCN(C(=O)CC5CCCCC5)CC4)cn3)nc2n1C1CCCC1. The van der Waals surface area contributed by atoms with Gasteiger partial charge in [0, 0.05) is 50.2 Å². The van der Waals surface area contributed by atoms with E-state index in [2.05, 4.69) is 30.5 Å². The van der Waals surface area contributed by atoms with Crippen molar-refractivity contribution in [1.29, 1.82) is 0 Å². The molecule has 3 aromatic rings. The fraction of sp³-hybridized carbons (Fsp3) is 0.581. The third kappa shape index (κ3) is 7.00. The van der Waals surface area contributed by atoms with Crippen LogP contribution in [0.15, 0.2) is 30.6 Å². The number of carboxylic acid groups (broad SMARTS) is 1. The maximum Gasteiger partial charge on any atom is 0.352 e. The van der Waals surface area contributed by atoms with E-state index in [1.807, 2.05) is 41.9 Å². The Morgan fingerprint density at radius 1 is 0.929 bits per heavy atom. The molecule has 0 aromatic carbocycles. The lowest BCUT2D eigenvalue weighted by Gasteiger charge is -2.36. The van der Waals surface area contributed by atoms with E-state index in [1.54, 1.807) is 12.3 Å². The average molecular weight is 577 g/mol. The van der Waals surface area contributed by atoms with Gasteiger partial charge in [-0.1, -0.05) is 32.1 Å². The van der Waals surface area contributed by atoms with Crippen LogP contribution in [0.25, 0.3) is 11.0 Å². The van der Waals surface area contributed by atoms with Crippen molar-refractivity contribution in [3.8, 4) is 0 Å². The number of nitrogens with zero attached hydrogens (tertiary/aromatic N) is 6. The van der Waals surface area contributed by atoms with Crippen LogP contribution in [0.5, 0.6) is 0 Å². The van der Waals surface area contributed by atoms with Crippen LogP contribution in [0.2, 0.25) is 0 Å². The van der Waals surface area contributed by atoms with Crippen LogP contribution >= 0.6 is 0 Å². The van der Waals surface area contributed by atoms with Gasteiger partial charge in [-0.25, -0.2) is 14.8 Å². The minimum atomic E-state index is -0.943. The number of aromatic carboxylic acids is 1.